The van der Waals surface area contributed by atoms with E-state index in [1.165, 1.54) is 5.56 Å². The minimum atomic E-state index is -0.768. The Hall–Kier alpha value is -0.910. The van der Waals surface area contributed by atoms with Gasteiger partial charge in [-0.2, -0.15) is 0 Å². The first-order chi connectivity index (χ1) is 9.49. The molecular weight excluding hydrogens is 322 g/mol. The van der Waals surface area contributed by atoms with Crippen LogP contribution in [0.2, 0.25) is 0 Å². The van der Waals surface area contributed by atoms with Gasteiger partial charge in [0.2, 0.25) is 0 Å². The summed E-state index contributed by atoms with van der Waals surface area (Å²) in [6.45, 7) is 2.94. The van der Waals surface area contributed by atoms with Gasteiger partial charge in [-0.3, -0.25) is 9.69 Å². The molecule has 1 aliphatic heterocycles. The SMILES string of the molecule is CC(Cc1ccc(Br)cc1)N(C)C1COCC1C(=O)O. The summed E-state index contributed by atoms with van der Waals surface area (Å²) < 4.78 is 6.41. The summed E-state index contributed by atoms with van der Waals surface area (Å²) in [5.41, 5.74) is 1.25. The van der Waals surface area contributed by atoms with Gasteiger partial charge >= 0.3 is 5.97 Å². The lowest BCUT2D eigenvalue weighted by atomic mass is 9.99. The van der Waals surface area contributed by atoms with Gasteiger partial charge in [0.05, 0.1) is 19.1 Å². The number of carboxylic acids is 1. The molecule has 4 nitrogen and oxygen atoms in total. The van der Waals surface area contributed by atoms with Gasteiger partial charge in [0.1, 0.15) is 0 Å². The standard InChI is InChI=1S/C15H20BrNO3/c1-10(7-11-3-5-12(16)6-4-11)17(2)14-9-20-8-13(14)15(18)19/h3-6,10,13-14H,7-9H2,1-2H3,(H,18,19). The fourth-order valence-electron chi connectivity index (χ4n) is 2.61. The number of carboxylic acid groups (broad SMARTS) is 1. The second kappa shape index (κ2) is 6.70. The van der Waals surface area contributed by atoms with E-state index < -0.39 is 11.9 Å². The Balaban J connectivity index is 1.99. The molecule has 0 radical (unpaired) electrons. The Labute approximate surface area is 127 Å². The molecule has 1 aromatic rings. The van der Waals surface area contributed by atoms with Gasteiger partial charge in [0.15, 0.2) is 0 Å². The monoisotopic (exact) mass is 341 g/mol. The summed E-state index contributed by atoms with van der Waals surface area (Å²) >= 11 is 3.43. The highest BCUT2D eigenvalue weighted by Gasteiger charge is 2.37. The molecule has 1 fully saturated rings. The number of ether oxygens (including phenoxy) is 1. The highest BCUT2D eigenvalue weighted by Crippen LogP contribution is 2.22. The Bertz CT molecular complexity index is 463. The molecule has 3 atom stereocenters. The fraction of sp³-hybridized carbons (Fsp3) is 0.533. The predicted molar refractivity (Wildman–Crippen MR) is 80.8 cm³/mol. The maximum atomic E-state index is 11.2. The summed E-state index contributed by atoms with van der Waals surface area (Å²) in [4.78, 5) is 13.4. The molecule has 1 aromatic carbocycles. The summed E-state index contributed by atoms with van der Waals surface area (Å²) in [7, 11) is 1.98. The predicted octanol–water partition coefficient (Wildman–Crippen LogP) is 2.41. The van der Waals surface area contributed by atoms with E-state index in [0.29, 0.717) is 13.2 Å². The van der Waals surface area contributed by atoms with Gasteiger partial charge in [-0.25, -0.2) is 0 Å². The molecular formula is C15H20BrNO3. The van der Waals surface area contributed by atoms with Gasteiger partial charge in [-0.05, 0) is 38.1 Å². The summed E-state index contributed by atoms with van der Waals surface area (Å²) in [6, 6.07) is 8.46. The van der Waals surface area contributed by atoms with E-state index in [0.717, 1.165) is 10.9 Å². The van der Waals surface area contributed by atoms with Crippen LogP contribution in [0.15, 0.2) is 28.7 Å². The molecule has 0 amide bonds. The molecule has 0 bridgehead atoms. The molecule has 0 aromatic heterocycles. The van der Waals surface area contributed by atoms with Crippen molar-refractivity contribution < 1.29 is 14.6 Å². The lowest BCUT2D eigenvalue weighted by molar-refractivity contribution is -0.143. The first kappa shape index (κ1) is 15.5. The normalized spacial score (nSPS) is 24.0. The molecule has 5 heteroatoms. The largest absolute Gasteiger partial charge is 0.481 e. The molecule has 1 saturated heterocycles. The second-order valence-corrected chi connectivity index (χ2v) is 6.31. The number of benzene rings is 1. The van der Waals surface area contributed by atoms with Gasteiger partial charge in [0, 0.05) is 16.6 Å². The molecule has 1 aliphatic rings. The van der Waals surface area contributed by atoms with Crippen LogP contribution in [0.25, 0.3) is 0 Å². The molecule has 0 saturated carbocycles. The molecule has 0 spiro atoms. The van der Waals surface area contributed by atoms with Crippen molar-refractivity contribution in [2.75, 3.05) is 20.3 Å². The molecule has 3 unspecified atom stereocenters. The van der Waals surface area contributed by atoms with Crippen LogP contribution in [0.1, 0.15) is 12.5 Å². The van der Waals surface area contributed by atoms with Gasteiger partial charge in [0.25, 0.3) is 0 Å². The van der Waals surface area contributed by atoms with E-state index in [1.54, 1.807) is 0 Å². The van der Waals surface area contributed by atoms with E-state index in [2.05, 4.69) is 39.9 Å². The minimum Gasteiger partial charge on any atom is -0.481 e. The topological polar surface area (TPSA) is 49.8 Å². The zero-order chi connectivity index (χ0) is 14.7. The first-order valence-electron chi connectivity index (χ1n) is 6.76. The Kier molecular flexibility index (Phi) is 5.18. The number of likely N-dealkylation sites (N-methyl/N-ethyl adjacent to an activating group) is 1. The Morgan fingerprint density at radius 1 is 1.45 bits per heavy atom. The first-order valence-corrected chi connectivity index (χ1v) is 7.55. The van der Waals surface area contributed by atoms with Crippen molar-refractivity contribution in [2.45, 2.75) is 25.4 Å². The number of hydrogen-bond acceptors (Lipinski definition) is 3. The van der Waals surface area contributed by atoms with Crippen LogP contribution in [0, 0.1) is 5.92 Å². The van der Waals surface area contributed by atoms with Crippen molar-refractivity contribution >= 4 is 21.9 Å². The van der Waals surface area contributed by atoms with E-state index in [9.17, 15) is 9.90 Å². The zero-order valence-corrected chi connectivity index (χ0v) is 13.3. The quantitative estimate of drug-likeness (QED) is 0.893. The highest BCUT2D eigenvalue weighted by atomic mass is 79.9. The number of carbonyl (C=O) groups is 1. The Morgan fingerprint density at radius 2 is 2.10 bits per heavy atom. The third kappa shape index (κ3) is 3.59. The van der Waals surface area contributed by atoms with Crippen LogP contribution in [-0.2, 0) is 16.0 Å². The number of halogens is 1. The fourth-order valence-corrected chi connectivity index (χ4v) is 2.88. The van der Waals surface area contributed by atoms with Crippen LogP contribution in [0.3, 0.4) is 0 Å². The van der Waals surface area contributed by atoms with Crippen LogP contribution in [0.4, 0.5) is 0 Å². The molecule has 20 heavy (non-hydrogen) atoms. The lowest BCUT2D eigenvalue weighted by Gasteiger charge is -2.32. The summed E-state index contributed by atoms with van der Waals surface area (Å²) in [5.74, 6) is -1.19. The molecule has 110 valence electrons. The highest BCUT2D eigenvalue weighted by molar-refractivity contribution is 9.10. The van der Waals surface area contributed by atoms with Crippen molar-refractivity contribution in [2.24, 2.45) is 5.92 Å². The number of rotatable bonds is 5. The Morgan fingerprint density at radius 3 is 2.70 bits per heavy atom. The molecule has 1 heterocycles. The lowest BCUT2D eigenvalue weighted by Crippen LogP contribution is -2.45. The van der Waals surface area contributed by atoms with Crippen molar-refractivity contribution in [3.63, 3.8) is 0 Å². The zero-order valence-electron chi connectivity index (χ0n) is 11.8. The third-order valence-corrected chi connectivity index (χ3v) is 4.56. The van der Waals surface area contributed by atoms with Gasteiger partial charge in [-0.1, -0.05) is 28.1 Å². The summed E-state index contributed by atoms with van der Waals surface area (Å²) in [5, 5.41) is 9.22. The van der Waals surface area contributed by atoms with Crippen LogP contribution in [-0.4, -0.2) is 48.3 Å². The number of aliphatic carboxylic acids is 1. The molecule has 2 rings (SSSR count). The van der Waals surface area contributed by atoms with Crippen LogP contribution < -0.4 is 0 Å². The minimum absolute atomic E-state index is 0.0436. The maximum Gasteiger partial charge on any atom is 0.310 e. The van der Waals surface area contributed by atoms with E-state index in [1.807, 2.05) is 19.2 Å². The second-order valence-electron chi connectivity index (χ2n) is 5.39. The van der Waals surface area contributed by atoms with Crippen LogP contribution >= 0.6 is 15.9 Å². The molecule has 0 aliphatic carbocycles. The van der Waals surface area contributed by atoms with E-state index in [4.69, 9.17) is 4.74 Å². The smallest absolute Gasteiger partial charge is 0.310 e. The third-order valence-electron chi connectivity index (χ3n) is 4.03. The number of hydrogen-bond donors (Lipinski definition) is 1. The average molecular weight is 342 g/mol. The number of nitrogens with zero attached hydrogens (tertiary/aromatic N) is 1. The average Bonchev–Trinajstić information content (AvgIpc) is 2.90. The van der Waals surface area contributed by atoms with Gasteiger partial charge in [-0.15, -0.1) is 0 Å². The van der Waals surface area contributed by atoms with Gasteiger partial charge < -0.3 is 9.84 Å². The van der Waals surface area contributed by atoms with E-state index in [-0.39, 0.29) is 12.1 Å². The van der Waals surface area contributed by atoms with Crippen molar-refractivity contribution in [3.05, 3.63) is 34.3 Å². The summed E-state index contributed by atoms with van der Waals surface area (Å²) in [6.07, 6.45) is 0.895. The van der Waals surface area contributed by atoms with Crippen molar-refractivity contribution in [3.8, 4) is 0 Å². The maximum absolute atomic E-state index is 11.2. The van der Waals surface area contributed by atoms with E-state index >= 15 is 0 Å². The van der Waals surface area contributed by atoms with Crippen molar-refractivity contribution in [1.29, 1.82) is 0 Å². The molecule has 1 N–H and O–H groups in total. The van der Waals surface area contributed by atoms with Crippen molar-refractivity contribution in [1.82, 2.24) is 4.90 Å². The van der Waals surface area contributed by atoms with Crippen LogP contribution in [0.5, 0.6) is 0 Å².